The van der Waals surface area contributed by atoms with Gasteiger partial charge in [0.25, 0.3) is 5.91 Å². The second kappa shape index (κ2) is 11.5. The molecule has 2 aliphatic heterocycles. The van der Waals surface area contributed by atoms with Crippen LogP contribution in [0.3, 0.4) is 0 Å². The van der Waals surface area contributed by atoms with E-state index in [4.69, 9.17) is 18.5 Å². The molecule has 35 heavy (non-hydrogen) atoms. The van der Waals surface area contributed by atoms with Gasteiger partial charge < -0.3 is 34.4 Å². The highest BCUT2D eigenvalue weighted by atomic mass is 31.2. The summed E-state index contributed by atoms with van der Waals surface area (Å²) in [5, 5.41) is 25.6. The van der Waals surface area contributed by atoms with Crippen molar-refractivity contribution >= 4 is 19.6 Å². The maximum absolute atomic E-state index is 13.6. The second-order valence-corrected chi connectivity index (χ2v) is 10.3. The fourth-order valence-corrected chi connectivity index (χ4v) is 4.96. The van der Waals surface area contributed by atoms with Crippen molar-refractivity contribution in [3.8, 4) is 5.75 Å². The van der Waals surface area contributed by atoms with Gasteiger partial charge in [0.15, 0.2) is 0 Å². The predicted octanol–water partition coefficient (Wildman–Crippen LogP) is 1.21. The van der Waals surface area contributed by atoms with E-state index in [1.807, 2.05) is 0 Å². The number of rotatable bonds is 10. The van der Waals surface area contributed by atoms with Crippen LogP contribution in [0.4, 0.5) is 0 Å². The molecular formula is C22H32N3O9P. The number of carbonyl (C=O) groups excluding carboxylic acids is 2. The summed E-state index contributed by atoms with van der Waals surface area (Å²) in [6, 6.07) is 7.25. The maximum Gasteiger partial charge on any atom is 0.459 e. The summed E-state index contributed by atoms with van der Waals surface area (Å²) in [4.78, 5) is 25.3. The zero-order valence-electron chi connectivity index (χ0n) is 20.0. The highest BCUT2D eigenvalue weighted by molar-refractivity contribution is 7.52. The van der Waals surface area contributed by atoms with E-state index in [0.29, 0.717) is 5.57 Å². The fourth-order valence-electron chi connectivity index (χ4n) is 3.45. The normalized spacial score (nSPS) is 27.1. The van der Waals surface area contributed by atoms with E-state index < -0.39 is 50.5 Å². The molecule has 6 atom stereocenters. The molecular weight excluding hydrogens is 481 g/mol. The third-order valence-electron chi connectivity index (χ3n) is 5.21. The van der Waals surface area contributed by atoms with Crippen LogP contribution >= 0.6 is 7.75 Å². The molecule has 0 saturated carbocycles. The molecule has 3 rings (SSSR count). The van der Waals surface area contributed by atoms with Gasteiger partial charge in [-0.05, 0) is 39.8 Å². The fraction of sp³-hybridized carbons (Fsp3) is 0.545. The number of ether oxygens (including phenoxy) is 2. The lowest BCUT2D eigenvalue weighted by molar-refractivity contribution is -0.149. The Morgan fingerprint density at radius 1 is 1.29 bits per heavy atom. The van der Waals surface area contributed by atoms with Crippen LogP contribution in [-0.2, 0) is 28.2 Å². The van der Waals surface area contributed by atoms with Crippen molar-refractivity contribution in [3.05, 3.63) is 42.1 Å². The van der Waals surface area contributed by atoms with E-state index >= 15 is 0 Å². The van der Waals surface area contributed by atoms with Gasteiger partial charge in [-0.15, -0.1) is 0 Å². The van der Waals surface area contributed by atoms with Gasteiger partial charge in [-0.2, -0.15) is 5.09 Å². The van der Waals surface area contributed by atoms with Gasteiger partial charge in [0.05, 0.1) is 18.8 Å². The molecule has 2 unspecified atom stereocenters. The van der Waals surface area contributed by atoms with E-state index in [1.54, 1.807) is 51.1 Å². The standard InChI is InChI=1S/C22H32N3O9P/c1-13(2)32-21(28)15(4)24-35(30,34-16-8-6-5-7-9-16)31-12-18-17(26)10-19(33-18)25-11-14(3)20(27)23-22(25)29/h5-9,11,13,15,17-19,22,26,29H,10,12H2,1-4H3,(H,23,27)(H,24,30)/t15-,17+,18-,19-,22?,35?/m0/s1. The average molecular weight is 513 g/mol. The van der Waals surface area contributed by atoms with Crippen LogP contribution in [0.25, 0.3) is 0 Å². The lowest BCUT2D eigenvalue weighted by Crippen LogP contribution is -2.53. The van der Waals surface area contributed by atoms with Crippen LogP contribution in [-0.4, -0.2) is 70.5 Å². The van der Waals surface area contributed by atoms with Crippen molar-refractivity contribution in [1.82, 2.24) is 15.3 Å². The Balaban J connectivity index is 1.69. The minimum atomic E-state index is -4.13. The van der Waals surface area contributed by atoms with Crippen molar-refractivity contribution in [3.63, 3.8) is 0 Å². The van der Waals surface area contributed by atoms with Crippen LogP contribution in [0, 0.1) is 0 Å². The topological polar surface area (TPSA) is 156 Å². The van der Waals surface area contributed by atoms with Gasteiger partial charge >= 0.3 is 13.7 Å². The number of nitrogens with one attached hydrogen (secondary N) is 2. The van der Waals surface area contributed by atoms with Gasteiger partial charge in [0.1, 0.15) is 24.1 Å². The van der Waals surface area contributed by atoms with Crippen LogP contribution in [0.2, 0.25) is 0 Å². The number of esters is 1. The Kier molecular flexibility index (Phi) is 8.92. The maximum atomic E-state index is 13.6. The highest BCUT2D eigenvalue weighted by Gasteiger charge is 2.42. The van der Waals surface area contributed by atoms with Crippen molar-refractivity contribution in [2.75, 3.05) is 6.61 Å². The number of para-hydroxylation sites is 1. The number of benzene rings is 1. The molecule has 0 spiro atoms. The number of aliphatic hydroxyl groups excluding tert-OH is 2. The summed E-state index contributed by atoms with van der Waals surface area (Å²) < 4.78 is 35.7. The molecule has 1 fully saturated rings. The van der Waals surface area contributed by atoms with Gasteiger partial charge in [-0.25, -0.2) is 4.57 Å². The zero-order chi connectivity index (χ0) is 25.8. The summed E-state index contributed by atoms with van der Waals surface area (Å²) in [7, 11) is -4.13. The van der Waals surface area contributed by atoms with Crippen molar-refractivity contribution in [2.45, 2.75) is 71.0 Å². The molecule has 0 aromatic heterocycles. The molecule has 2 heterocycles. The van der Waals surface area contributed by atoms with Crippen LogP contribution in [0.5, 0.6) is 5.75 Å². The van der Waals surface area contributed by atoms with Gasteiger partial charge in [0.2, 0.25) is 6.35 Å². The first-order valence-corrected chi connectivity index (χ1v) is 12.8. The van der Waals surface area contributed by atoms with E-state index in [-0.39, 0.29) is 24.9 Å². The van der Waals surface area contributed by atoms with Crippen LogP contribution in [0.15, 0.2) is 42.1 Å². The molecule has 1 saturated heterocycles. The minimum absolute atomic E-state index is 0.0964. The largest absolute Gasteiger partial charge is 0.462 e. The summed E-state index contributed by atoms with van der Waals surface area (Å²) in [6.45, 7) is 6.08. The van der Waals surface area contributed by atoms with Gasteiger partial charge in [0, 0.05) is 18.2 Å². The Morgan fingerprint density at radius 3 is 2.63 bits per heavy atom. The summed E-state index contributed by atoms with van der Waals surface area (Å²) in [6.07, 6.45) is -2.88. The zero-order valence-corrected chi connectivity index (χ0v) is 20.9. The second-order valence-electron chi connectivity index (χ2n) is 8.57. The number of nitrogens with zero attached hydrogens (tertiary/aromatic N) is 1. The molecule has 4 N–H and O–H groups in total. The number of hydrogen-bond acceptors (Lipinski definition) is 10. The number of amides is 1. The average Bonchev–Trinajstić information content (AvgIpc) is 3.15. The monoisotopic (exact) mass is 513 g/mol. The van der Waals surface area contributed by atoms with E-state index in [9.17, 15) is 24.4 Å². The molecule has 194 valence electrons. The predicted molar refractivity (Wildman–Crippen MR) is 123 cm³/mol. The Hall–Kier alpha value is -2.47. The Bertz CT molecular complexity index is 974. The lowest BCUT2D eigenvalue weighted by atomic mass is 10.2. The first-order valence-electron chi connectivity index (χ1n) is 11.2. The van der Waals surface area contributed by atoms with Crippen LogP contribution < -0.4 is 14.9 Å². The van der Waals surface area contributed by atoms with E-state index in [2.05, 4.69) is 10.4 Å². The van der Waals surface area contributed by atoms with Crippen molar-refractivity contribution in [1.29, 1.82) is 0 Å². The molecule has 2 aliphatic rings. The first kappa shape index (κ1) is 27.1. The number of hydrogen-bond donors (Lipinski definition) is 4. The molecule has 0 radical (unpaired) electrons. The molecule has 0 bridgehead atoms. The Labute approximate surface area is 203 Å². The Morgan fingerprint density at radius 2 is 1.97 bits per heavy atom. The molecule has 1 aromatic carbocycles. The van der Waals surface area contributed by atoms with Gasteiger partial charge in [-0.1, -0.05) is 18.2 Å². The third-order valence-corrected chi connectivity index (χ3v) is 6.86. The minimum Gasteiger partial charge on any atom is -0.462 e. The smallest absolute Gasteiger partial charge is 0.459 e. The first-order chi connectivity index (χ1) is 16.5. The molecule has 1 aromatic rings. The SMILES string of the molecule is CC1=CN([C@@H]2C[C@@H](O)[C@H](COP(=O)(N[C@@H](C)C(=O)OC(C)C)Oc3ccccc3)O2)C(O)NC1=O. The lowest BCUT2D eigenvalue weighted by Gasteiger charge is -2.35. The summed E-state index contributed by atoms with van der Waals surface area (Å²) in [5.74, 6) is -0.810. The number of aliphatic hydroxyl groups is 2. The highest BCUT2D eigenvalue weighted by Crippen LogP contribution is 2.45. The quantitative estimate of drug-likeness (QED) is 0.263. The van der Waals surface area contributed by atoms with E-state index in [0.717, 1.165) is 0 Å². The van der Waals surface area contributed by atoms with Gasteiger partial charge in [-0.3, -0.25) is 14.1 Å². The van der Waals surface area contributed by atoms with Crippen molar-refractivity contribution < 1.29 is 42.9 Å². The molecule has 0 aliphatic carbocycles. The summed E-state index contributed by atoms with van der Waals surface area (Å²) in [5.41, 5.74) is 0.361. The molecule has 1 amide bonds. The summed E-state index contributed by atoms with van der Waals surface area (Å²) >= 11 is 0. The third kappa shape index (κ3) is 7.26. The molecule has 12 nitrogen and oxygen atoms in total. The van der Waals surface area contributed by atoms with Crippen molar-refractivity contribution in [2.24, 2.45) is 0 Å². The van der Waals surface area contributed by atoms with Crippen LogP contribution in [0.1, 0.15) is 34.1 Å². The molecule has 13 heteroatoms. The van der Waals surface area contributed by atoms with E-state index in [1.165, 1.54) is 18.0 Å². The number of carbonyl (C=O) groups is 2.